The summed E-state index contributed by atoms with van der Waals surface area (Å²) in [6.45, 7) is 5.02. The number of rotatable bonds is 6. The number of nitrogens with zero attached hydrogens (tertiary/aromatic N) is 2. The van der Waals surface area contributed by atoms with E-state index in [1.165, 1.54) is 20.0 Å². The van der Waals surface area contributed by atoms with Crippen molar-refractivity contribution in [3.8, 4) is 0 Å². The van der Waals surface area contributed by atoms with Crippen LogP contribution in [0.2, 0.25) is 0 Å². The maximum atomic E-state index is 12.2. The molecule has 1 saturated heterocycles. The van der Waals surface area contributed by atoms with Crippen LogP contribution >= 0.6 is 0 Å². The summed E-state index contributed by atoms with van der Waals surface area (Å²) in [4.78, 5) is 27.4. The highest BCUT2D eigenvalue weighted by molar-refractivity contribution is 5.79. The number of carbonyl (C=O) groups excluding carboxylic acids is 2. The van der Waals surface area contributed by atoms with Crippen molar-refractivity contribution in [3.63, 3.8) is 0 Å². The Morgan fingerprint density at radius 1 is 1.11 bits per heavy atom. The van der Waals surface area contributed by atoms with E-state index in [0.29, 0.717) is 6.54 Å². The maximum Gasteiger partial charge on any atom is 0.319 e. The summed E-state index contributed by atoms with van der Waals surface area (Å²) in [6, 6.07) is 0. The topological polar surface area (TPSA) is 49.9 Å². The van der Waals surface area contributed by atoms with Crippen molar-refractivity contribution in [1.82, 2.24) is 9.80 Å². The number of methoxy groups -OCH3 is 1. The van der Waals surface area contributed by atoms with Crippen LogP contribution < -0.4 is 0 Å². The number of esters is 1. The van der Waals surface area contributed by atoms with Gasteiger partial charge in [0.1, 0.15) is 0 Å². The number of amides is 1. The molecule has 0 unspecified atom stereocenters. The minimum atomic E-state index is -0.280. The molecule has 1 amide bonds. The van der Waals surface area contributed by atoms with E-state index < -0.39 is 0 Å². The van der Waals surface area contributed by atoms with Gasteiger partial charge in [0.05, 0.1) is 20.2 Å². The second-order valence-corrected chi connectivity index (χ2v) is 5.08. The van der Waals surface area contributed by atoms with Crippen molar-refractivity contribution in [3.05, 3.63) is 0 Å². The van der Waals surface area contributed by atoms with Crippen LogP contribution in [0, 0.1) is 0 Å². The molecule has 1 aliphatic rings. The summed E-state index contributed by atoms with van der Waals surface area (Å²) in [6.07, 6.45) is 5.53. The number of hydrogen-bond acceptors (Lipinski definition) is 4. The van der Waals surface area contributed by atoms with Crippen molar-refractivity contribution >= 4 is 11.9 Å². The molecule has 5 heteroatoms. The summed E-state index contributed by atoms with van der Waals surface area (Å²) in [5.74, 6) is -0.142. The molecular weight excluding hydrogens is 244 g/mol. The summed E-state index contributed by atoms with van der Waals surface area (Å²) < 4.78 is 4.67. The van der Waals surface area contributed by atoms with E-state index in [-0.39, 0.29) is 18.4 Å². The lowest BCUT2D eigenvalue weighted by molar-refractivity contribution is -0.142. The third-order valence-electron chi connectivity index (χ3n) is 3.44. The van der Waals surface area contributed by atoms with Gasteiger partial charge in [0.15, 0.2) is 0 Å². The van der Waals surface area contributed by atoms with Crippen molar-refractivity contribution in [2.24, 2.45) is 0 Å². The molecule has 0 aromatic heterocycles. The summed E-state index contributed by atoms with van der Waals surface area (Å²) in [7, 11) is 1.38. The van der Waals surface area contributed by atoms with Crippen LogP contribution in [0.3, 0.4) is 0 Å². The molecule has 5 nitrogen and oxygen atoms in total. The Balaban J connectivity index is 2.46. The van der Waals surface area contributed by atoms with Crippen LogP contribution in [-0.4, -0.2) is 61.5 Å². The molecule has 1 fully saturated rings. The van der Waals surface area contributed by atoms with E-state index in [1.807, 2.05) is 16.7 Å². The highest BCUT2D eigenvalue weighted by atomic mass is 16.5. The van der Waals surface area contributed by atoms with Crippen molar-refractivity contribution in [2.45, 2.75) is 39.0 Å². The monoisotopic (exact) mass is 270 g/mol. The fourth-order valence-corrected chi connectivity index (χ4v) is 2.39. The average molecular weight is 270 g/mol. The number of likely N-dealkylation sites (tertiary alicyclic amines) is 1. The standard InChI is InChI=1S/C14H26N2O3/c1-3-8-15(12-14(18)19-2)11-13(17)16-9-6-4-5-7-10-16/h3-12H2,1-2H3. The number of ether oxygens (including phenoxy) is 1. The van der Waals surface area contributed by atoms with Gasteiger partial charge in [-0.2, -0.15) is 0 Å². The zero-order valence-electron chi connectivity index (χ0n) is 12.2. The predicted molar refractivity (Wildman–Crippen MR) is 73.8 cm³/mol. The third-order valence-corrected chi connectivity index (χ3v) is 3.44. The molecule has 0 aromatic carbocycles. The first-order chi connectivity index (χ1) is 9.17. The lowest BCUT2D eigenvalue weighted by atomic mass is 10.2. The highest BCUT2D eigenvalue weighted by Crippen LogP contribution is 2.10. The van der Waals surface area contributed by atoms with Crippen LogP contribution in [0.4, 0.5) is 0 Å². The zero-order valence-corrected chi connectivity index (χ0v) is 12.2. The van der Waals surface area contributed by atoms with Gasteiger partial charge in [-0.05, 0) is 25.8 Å². The molecule has 0 saturated carbocycles. The summed E-state index contributed by atoms with van der Waals surface area (Å²) in [5.41, 5.74) is 0. The molecule has 0 aliphatic carbocycles. The molecule has 1 aliphatic heterocycles. The second-order valence-electron chi connectivity index (χ2n) is 5.08. The second kappa shape index (κ2) is 8.91. The third kappa shape index (κ3) is 6.05. The van der Waals surface area contributed by atoms with Crippen LogP contribution in [0.25, 0.3) is 0 Å². The zero-order chi connectivity index (χ0) is 14.1. The molecule has 0 radical (unpaired) electrons. The molecule has 0 atom stereocenters. The Labute approximate surface area is 115 Å². The van der Waals surface area contributed by atoms with Crippen molar-refractivity contribution < 1.29 is 14.3 Å². The Bertz CT molecular complexity index is 286. The van der Waals surface area contributed by atoms with Crippen LogP contribution in [0.1, 0.15) is 39.0 Å². The van der Waals surface area contributed by atoms with Gasteiger partial charge < -0.3 is 9.64 Å². The van der Waals surface area contributed by atoms with Crippen LogP contribution in [0.15, 0.2) is 0 Å². The lowest BCUT2D eigenvalue weighted by Crippen LogP contribution is -2.43. The van der Waals surface area contributed by atoms with Gasteiger partial charge >= 0.3 is 5.97 Å². The molecule has 1 heterocycles. The Hall–Kier alpha value is -1.10. The van der Waals surface area contributed by atoms with E-state index >= 15 is 0 Å². The fraction of sp³-hybridized carbons (Fsp3) is 0.857. The SMILES string of the molecule is CCCN(CC(=O)OC)CC(=O)N1CCCCCC1. The van der Waals surface area contributed by atoms with E-state index in [4.69, 9.17) is 0 Å². The highest BCUT2D eigenvalue weighted by Gasteiger charge is 2.19. The van der Waals surface area contributed by atoms with Gasteiger partial charge in [0.2, 0.25) is 5.91 Å². The largest absolute Gasteiger partial charge is 0.468 e. The summed E-state index contributed by atoms with van der Waals surface area (Å²) in [5, 5.41) is 0. The van der Waals surface area contributed by atoms with Crippen molar-refractivity contribution in [2.75, 3.05) is 39.8 Å². The first-order valence-electron chi connectivity index (χ1n) is 7.24. The van der Waals surface area contributed by atoms with E-state index in [9.17, 15) is 9.59 Å². The van der Waals surface area contributed by atoms with E-state index in [1.54, 1.807) is 0 Å². The average Bonchev–Trinajstić information content (AvgIpc) is 2.67. The van der Waals surface area contributed by atoms with Gasteiger partial charge in [-0.1, -0.05) is 19.8 Å². The van der Waals surface area contributed by atoms with Crippen LogP contribution in [-0.2, 0) is 14.3 Å². The Morgan fingerprint density at radius 3 is 2.26 bits per heavy atom. The first-order valence-corrected chi connectivity index (χ1v) is 7.24. The van der Waals surface area contributed by atoms with Crippen LogP contribution in [0.5, 0.6) is 0 Å². The molecule has 0 aromatic rings. The fourth-order valence-electron chi connectivity index (χ4n) is 2.39. The maximum absolute atomic E-state index is 12.2. The van der Waals surface area contributed by atoms with Gasteiger partial charge in [0.25, 0.3) is 0 Å². The minimum Gasteiger partial charge on any atom is -0.468 e. The molecule has 0 spiro atoms. The van der Waals surface area contributed by atoms with Gasteiger partial charge in [-0.3, -0.25) is 14.5 Å². The quantitative estimate of drug-likeness (QED) is 0.682. The van der Waals surface area contributed by atoms with Crippen molar-refractivity contribution in [1.29, 1.82) is 0 Å². The first kappa shape index (κ1) is 16.0. The molecular formula is C14H26N2O3. The number of carbonyl (C=O) groups is 2. The molecule has 1 rings (SSSR count). The van der Waals surface area contributed by atoms with Gasteiger partial charge in [-0.15, -0.1) is 0 Å². The van der Waals surface area contributed by atoms with E-state index in [2.05, 4.69) is 4.74 Å². The number of hydrogen-bond donors (Lipinski definition) is 0. The predicted octanol–water partition coefficient (Wildman–Crippen LogP) is 1.27. The lowest BCUT2D eigenvalue weighted by Gasteiger charge is -2.25. The smallest absolute Gasteiger partial charge is 0.319 e. The minimum absolute atomic E-state index is 0.138. The molecule has 0 bridgehead atoms. The van der Waals surface area contributed by atoms with Gasteiger partial charge in [0, 0.05) is 13.1 Å². The molecule has 0 N–H and O–H groups in total. The summed E-state index contributed by atoms with van der Waals surface area (Å²) >= 11 is 0. The Kier molecular flexibility index (Phi) is 7.48. The van der Waals surface area contributed by atoms with Gasteiger partial charge in [-0.25, -0.2) is 0 Å². The molecule has 19 heavy (non-hydrogen) atoms. The normalized spacial score (nSPS) is 16.3. The Morgan fingerprint density at radius 2 is 1.74 bits per heavy atom. The molecule has 110 valence electrons. The van der Waals surface area contributed by atoms with E-state index in [0.717, 1.165) is 38.9 Å².